The summed E-state index contributed by atoms with van der Waals surface area (Å²) in [5.41, 5.74) is 0.0745. The Hall–Kier alpha value is -2.05. The molecule has 244 valence electrons. The Morgan fingerprint density at radius 1 is 0.844 bits per heavy atom. The molecule has 4 saturated carbocycles. The van der Waals surface area contributed by atoms with Crippen LogP contribution in [0.15, 0.2) is 35.9 Å². The predicted molar refractivity (Wildman–Crippen MR) is 168 cm³/mol. The van der Waals surface area contributed by atoms with Gasteiger partial charge in [0.1, 0.15) is 11.3 Å². The van der Waals surface area contributed by atoms with Crippen LogP contribution in [0, 0.1) is 50.2 Å². The Labute approximate surface area is 281 Å². The Morgan fingerprint density at radius 2 is 1.47 bits per heavy atom. The second-order valence-electron chi connectivity index (χ2n) is 16.8. The number of hydrogen-bond acceptors (Lipinski definition) is 5. The van der Waals surface area contributed by atoms with Gasteiger partial charge in [0.2, 0.25) is 0 Å². The van der Waals surface area contributed by atoms with Gasteiger partial charge in [-0.05, 0) is 122 Å². The predicted octanol–water partition coefficient (Wildman–Crippen LogP) is 7.50. The molecule has 0 heterocycles. The molecular weight excluding hydrogens is 622 g/mol. The molecule has 5 aliphatic carbocycles. The quantitative estimate of drug-likeness (QED) is 0.239. The fourth-order valence-electron chi connectivity index (χ4n) is 11.0. The van der Waals surface area contributed by atoms with Crippen LogP contribution in [0.2, 0.25) is 0 Å². The monoisotopic (exact) mass is 672 g/mol. The molecule has 0 unspecified atom stereocenters. The molecule has 1 aromatic rings. The summed E-state index contributed by atoms with van der Waals surface area (Å²) in [7, 11) is 0. The fourth-order valence-corrected chi connectivity index (χ4v) is 11.0. The molecule has 1 aromatic carbocycles. The van der Waals surface area contributed by atoms with Crippen LogP contribution < -0.4 is 0 Å². The van der Waals surface area contributed by atoms with Gasteiger partial charge in [-0.1, -0.05) is 59.2 Å². The van der Waals surface area contributed by atoms with Gasteiger partial charge in [-0.3, -0.25) is 9.59 Å². The van der Waals surface area contributed by atoms with Crippen LogP contribution in [0.25, 0.3) is 0 Å². The van der Waals surface area contributed by atoms with Crippen molar-refractivity contribution in [1.82, 2.24) is 0 Å². The van der Waals surface area contributed by atoms with Crippen molar-refractivity contribution >= 4 is 17.7 Å². The molecule has 8 heteroatoms. The van der Waals surface area contributed by atoms with Gasteiger partial charge in [0, 0.05) is 25.4 Å². The number of carbonyl (C=O) groups excluding carboxylic acids is 1. The van der Waals surface area contributed by atoms with Crippen molar-refractivity contribution in [3.05, 3.63) is 41.5 Å². The van der Waals surface area contributed by atoms with Gasteiger partial charge in [-0.25, -0.2) is 4.79 Å². The van der Waals surface area contributed by atoms with Crippen molar-refractivity contribution in [2.45, 2.75) is 112 Å². The van der Waals surface area contributed by atoms with E-state index in [-0.39, 0.29) is 81.6 Å². The molecule has 0 radical (unpaired) electrons. The molecular formula is C37H52O7Zn. The van der Waals surface area contributed by atoms with Crippen molar-refractivity contribution in [2.24, 2.45) is 50.2 Å². The van der Waals surface area contributed by atoms with Gasteiger partial charge < -0.3 is 20.4 Å². The standard InChI is InChI=1S/C30H46O4.C7H6O3.Zn/c1-25(2)21-8-11-30(7)23(28(21,5)10-9-22(25)32)20(31)16-18-19-17-27(4,24(33)34)13-12-26(19,3)14-15-29(18,30)6;8-6-4-2-1-3-5(6)7(9)10;/h16,19,21-23,32H,8-15,17H2,1-7H3,(H,33,34);1-4,8H,(H,9,10);/t19-,21-,22-,23+,26+,27-,28-,29+,30+;;/m0../s1. The molecule has 0 aromatic heterocycles. The zero-order chi connectivity index (χ0) is 32.7. The molecule has 0 aliphatic heterocycles. The van der Waals surface area contributed by atoms with Crippen molar-refractivity contribution in [3.63, 3.8) is 0 Å². The van der Waals surface area contributed by atoms with E-state index in [0.29, 0.717) is 12.3 Å². The first-order valence-corrected chi connectivity index (χ1v) is 16.5. The Morgan fingerprint density at radius 3 is 2.04 bits per heavy atom. The number of fused-ring (bicyclic) bond motifs is 7. The molecule has 45 heavy (non-hydrogen) atoms. The number of phenols is 1. The second-order valence-corrected chi connectivity index (χ2v) is 16.8. The van der Waals surface area contributed by atoms with Gasteiger partial charge in [0.15, 0.2) is 5.78 Å². The van der Waals surface area contributed by atoms with Crippen LogP contribution in [-0.4, -0.2) is 44.3 Å². The number of hydrogen-bond donors (Lipinski definition) is 4. The van der Waals surface area contributed by atoms with Crippen molar-refractivity contribution in [3.8, 4) is 5.75 Å². The van der Waals surface area contributed by atoms with E-state index in [1.54, 1.807) is 12.1 Å². The topological polar surface area (TPSA) is 132 Å². The van der Waals surface area contributed by atoms with Crippen molar-refractivity contribution < 1.29 is 54.3 Å². The molecule has 4 N–H and O–H groups in total. The Balaban J connectivity index is 0.000000359. The number of aliphatic carboxylic acids is 1. The van der Waals surface area contributed by atoms with E-state index in [1.807, 2.05) is 13.0 Å². The summed E-state index contributed by atoms with van der Waals surface area (Å²) in [4.78, 5) is 36.7. The van der Waals surface area contributed by atoms with Gasteiger partial charge in [0.25, 0.3) is 0 Å². The third-order valence-corrected chi connectivity index (χ3v) is 14.2. The van der Waals surface area contributed by atoms with Gasteiger partial charge in [-0.2, -0.15) is 0 Å². The number of ketones is 1. The zero-order valence-electron chi connectivity index (χ0n) is 28.3. The number of carboxylic acids is 2. The molecule has 7 nitrogen and oxygen atoms in total. The molecule has 0 bridgehead atoms. The van der Waals surface area contributed by atoms with Crippen LogP contribution in [0.5, 0.6) is 5.75 Å². The number of aliphatic hydroxyl groups is 1. The zero-order valence-corrected chi connectivity index (χ0v) is 31.2. The first kappa shape index (κ1) is 35.8. The van der Waals surface area contributed by atoms with Crippen molar-refractivity contribution in [2.75, 3.05) is 0 Å². The van der Waals surface area contributed by atoms with Gasteiger partial charge >= 0.3 is 11.9 Å². The SMILES string of the molecule is CC1(C)[C@@H](O)CC[C@]2(C)[C@H]3C(=O)C=C4[C@@H]5C[C@@](C)(C(=O)O)CC[C@]5(C)CC[C@@]4(C)[C@]3(C)CC[C@@H]12.O=C(O)c1ccccc1O.[Zn]. The normalized spacial score (nSPS) is 42.9. The minimum absolute atomic E-state index is 0. The molecule has 0 saturated heterocycles. The number of carbonyl (C=O) groups is 3. The molecule has 0 amide bonds. The third-order valence-electron chi connectivity index (χ3n) is 14.2. The maximum atomic E-state index is 14.2. The van der Waals surface area contributed by atoms with Gasteiger partial charge in [-0.15, -0.1) is 0 Å². The largest absolute Gasteiger partial charge is 0.507 e. The minimum atomic E-state index is -1.11. The van der Waals surface area contributed by atoms with E-state index in [1.165, 1.54) is 17.7 Å². The van der Waals surface area contributed by atoms with Crippen LogP contribution >= 0.6 is 0 Å². The fraction of sp³-hybridized carbons (Fsp3) is 0.703. The average molecular weight is 674 g/mol. The number of aliphatic hydroxyl groups excluding tert-OH is 1. The van der Waals surface area contributed by atoms with E-state index < -0.39 is 17.4 Å². The van der Waals surface area contributed by atoms with E-state index in [4.69, 9.17) is 10.2 Å². The smallest absolute Gasteiger partial charge is 0.339 e. The van der Waals surface area contributed by atoms with Crippen LogP contribution in [0.3, 0.4) is 0 Å². The van der Waals surface area contributed by atoms with Crippen LogP contribution in [0.4, 0.5) is 0 Å². The number of rotatable bonds is 2. The number of benzene rings is 1. The third kappa shape index (κ3) is 5.25. The first-order chi connectivity index (χ1) is 20.3. The number of aromatic hydroxyl groups is 1. The van der Waals surface area contributed by atoms with E-state index in [2.05, 4.69) is 41.5 Å². The maximum absolute atomic E-state index is 14.2. The number of allylic oxidation sites excluding steroid dienone is 2. The summed E-state index contributed by atoms with van der Waals surface area (Å²) in [6.45, 7) is 15.8. The summed E-state index contributed by atoms with van der Waals surface area (Å²) < 4.78 is 0. The Kier molecular flexibility index (Phi) is 9.21. The minimum Gasteiger partial charge on any atom is -0.507 e. The molecule has 4 fully saturated rings. The number of aromatic carboxylic acids is 1. The summed E-state index contributed by atoms with van der Waals surface area (Å²) in [5, 5.41) is 38.2. The Bertz CT molecular complexity index is 1400. The molecule has 5 aliphatic rings. The van der Waals surface area contributed by atoms with E-state index in [0.717, 1.165) is 51.4 Å². The summed E-state index contributed by atoms with van der Waals surface area (Å²) in [6, 6.07) is 5.81. The average Bonchev–Trinajstić information content (AvgIpc) is 2.93. The van der Waals surface area contributed by atoms with Crippen LogP contribution in [-0.2, 0) is 29.1 Å². The molecule has 0 spiro atoms. The summed E-state index contributed by atoms with van der Waals surface area (Å²) in [5.74, 6) is -1.25. The van der Waals surface area contributed by atoms with Gasteiger partial charge in [0.05, 0.1) is 11.5 Å². The summed E-state index contributed by atoms with van der Waals surface area (Å²) in [6.07, 6.45) is 9.95. The number of para-hydroxylation sites is 1. The second kappa shape index (κ2) is 11.6. The molecule has 6 rings (SSSR count). The van der Waals surface area contributed by atoms with E-state index in [9.17, 15) is 24.6 Å². The summed E-state index contributed by atoms with van der Waals surface area (Å²) >= 11 is 0. The maximum Gasteiger partial charge on any atom is 0.339 e. The van der Waals surface area contributed by atoms with E-state index >= 15 is 0 Å². The van der Waals surface area contributed by atoms with Crippen LogP contribution in [0.1, 0.15) is 117 Å². The number of carboxylic acid groups (broad SMARTS) is 2. The molecule has 9 atom stereocenters. The first-order valence-electron chi connectivity index (χ1n) is 16.5. The van der Waals surface area contributed by atoms with Crippen molar-refractivity contribution in [1.29, 1.82) is 0 Å².